The van der Waals surface area contributed by atoms with Gasteiger partial charge in [-0.15, -0.1) is 0 Å². The SMILES string of the molecule is CC(C)n1cc(Br)cc1C(=O)NCc1ccn(C)c1. The second-order valence-electron chi connectivity index (χ2n) is 4.91. The summed E-state index contributed by atoms with van der Waals surface area (Å²) in [5.74, 6) is -0.0525. The van der Waals surface area contributed by atoms with E-state index >= 15 is 0 Å². The molecule has 4 nitrogen and oxygen atoms in total. The van der Waals surface area contributed by atoms with E-state index in [0.29, 0.717) is 12.2 Å². The first-order valence-electron chi connectivity index (χ1n) is 6.24. The van der Waals surface area contributed by atoms with E-state index in [1.165, 1.54) is 0 Å². The van der Waals surface area contributed by atoms with Crippen molar-refractivity contribution in [1.82, 2.24) is 14.5 Å². The lowest BCUT2D eigenvalue weighted by Crippen LogP contribution is -2.25. The molecule has 0 aliphatic heterocycles. The number of hydrogen-bond donors (Lipinski definition) is 1. The molecule has 0 radical (unpaired) electrons. The van der Waals surface area contributed by atoms with Crippen molar-refractivity contribution in [2.75, 3.05) is 0 Å². The van der Waals surface area contributed by atoms with Gasteiger partial charge in [-0.25, -0.2) is 0 Å². The van der Waals surface area contributed by atoms with Crippen LogP contribution in [0, 0.1) is 0 Å². The van der Waals surface area contributed by atoms with Crippen LogP contribution in [0.15, 0.2) is 35.2 Å². The predicted molar refractivity (Wildman–Crippen MR) is 79.1 cm³/mol. The third-order valence-corrected chi connectivity index (χ3v) is 3.38. The largest absolute Gasteiger partial charge is 0.357 e. The smallest absolute Gasteiger partial charge is 0.268 e. The van der Waals surface area contributed by atoms with Gasteiger partial charge in [-0.3, -0.25) is 4.79 Å². The number of carbonyl (C=O) groups excluding carboxylic acids is 1. The van der Waals surface area contributed by atoms with Crippen LogP contribution in [-0.4, -0.2) is 15.0 Å². The molecule has 2 aromatic heterocycles. The molecule has 102 valence electrons. The Bertz CT molecular complexity index is 583. The molecule has 0 unspecified atom stereocenters. The Morgan fingerprint density at radius 3 is 2.74 bits per heavy atom. The number of hydrogen-bond acceptors (Lipinski definition) is 1. The summed E-state index contributed by atoms with van der Waals surface area (Å²) in [5, 5.41) is 2.94. The maximum Gasteiger partial charge on any atom is 0.268 e. The van der Waals surface area contributed by atoms with Crippen LogP contribution in [0.5, 0.6) is 0 Å². The highest BCUT2D eigenvalue weighted by Gasteiger charge is 2.14. The van der Waals surface area contributed by atoms with Crippen LogP contribution in [0.3, 0.4) is 0 Å². The van der Waals surface area contributed by atoms with Crippen LogP contribution in [0.2, 0.25) is 0 Å². The molecule has 2 rings (SSSR count). The molecule has 0 aromatic carbocycles. The van der Waals surface area contributed by atoms with Crippen molar-refractivity contribution < 1.29 is 4.79 Å². The molecule has 0 fully saturated rings. The number of aromatic nitrogens is 2. The molecule has 0 saturated heterocycles. The first-order valence-corrected chi connectivity index (χ1v) is 7.03. The first kappa shape index (κ1) is 13.9. The van der Waals surface area contributed by atoms with Crippen LogP contribution in [-0.2, 0) is 13.6 Å². The summed E-state index contributed by atoms with van der Waals surface area (Å²) in [6.45, 7) is 4.65. The van der Waals surface area contributed by atoms with Crippen molar-refractivity contribution >= 4 is 21.8 Å². The molecule has 19 heavy (non-hydrogen) atoms. The molecule has 0 saturated carbocycles. The zero-order valence-corrected chi connectivity index (χ0v) is 12.9. The van der Waals surface area contributed by atoms with Gasteiger partial charge < -0.3 is 14.5 Å². The van der Waals surface area contributed by atoms with E-state index in [4.69, 9.17) is 0 Å². The van der Waals surface area contributed by atoms with Crippen LogP contribution >= 0.6 is 15.9 Å². The van der Waals surface area contributed by atoms with Crippen molar-refractivity contribution in [2.24, 2.45) is 7.05 Å². The molecule has 2 heterocycles. The highest BCUT2D eigenvalue weighted by atomic mass is 79.9. The van der Waals surface area contributed by atoms with E-state index in [1.807, 2.05) is 46.9 Å². The molecule has 1 amide bonds. The topological polar surface area (TPSA) is 39.0 Å². The van der Waals surface area contributed by atoms with Gasteiger partial charge in [-0.2, -0.15) is 0 Å². The molecule has 0 spiro atoms. The molecule has 0 atom stereocenters. The first-order chi connectivity index (χ1) is 8.97. The Hall–Kier alpha value is -1.49. The van der Waals surface area contributed by atoms with Crippen molar-refractivity contribution in [3.05, 3.63) is 46.5 Å². The van der Waals surface area contributed by atoms with E-state index < -0.39 is 0 Å². The molecule has 2 aromatic rings. The number of rotatable bonds is 4. The van der Waals surface area contributed by atoms with Crippen LogP contribution in [0.25, 0.3) is 0 Å². The Morgan fingerprint density at radius 2 is 2.16 bits per heavy atom. The summed E-state index contributed by atoms with van der Waals surface area (Å²) >= 11 is 3.41. The lowest BCUT2D eigenvalue weighted by Gasteiger charge is -2.12. The maximum atomic E-state index is 12.2. The minimum Gasteiger partial charge on any atom is -0.357 e. The van der Waals surface area contributed by atoms with Crippen LogP contribution < -0.4 is 5.32 Å². The zero-order valence-electron chi connectivity index (χ0n) is 11.4. The lowest BCUT2D eigenvalue weighted by atomic mass is 10.3. The fourth-order valence-corrected chi connectivity index (χ4v) is 2.43. The van der Waals surface area contributed by atoms with Crippen molar-refractivity contribution in [2.45, 2.75) is 26.4 Å². The van der Waals surface area contributed by atoms with Gasteiger partial charge in [0.1, 0.15) is 5.69 Å². The molecular formula is C14H18BrN3O. The van der Waals surface area contributed by atoms with Gasteiger partial charge >= 0.3 is 0 Å². The standard InChI is InChI=1S/C14H18BrN3O/c1-10(2)18-9-12(15)6-13(18)14(19)16-7-11-4-5-17(3)8-11/h4-6,8-10H,7H2,1-3H3,(H,16,19). The van der Waals surface area contributed by atoms with Crippen molar-refractivity contribution in [3.63, 3.8) is 0 Å². The van der Waals surface area contributed by atoms with E-state index in [-0.39, 0.29) is 11.9 Å². The molecule has 0 aliphatic carbocycles. The predicted octanol–water partition coefficient (Wildman–Crippen LogP) is 3.10. The number of amides is 1. The van der Waals surface area contributed by atoms with Gasteiger partial charge in [-0.05, 0) is 47.5 Å². The summed E-state index contributed by atoms with van der Waals surface area (Å²) in [6, 6.07) is 4.10. The van der Waals surface area contributed by atoms with Gasteiger partial charge in [-0.1, -0.05) is 0 Å². The minimum absolute atomic E-state index is 0.0525. The normalized spacial score (nSPS) is 11.0. The fourth-order valence-electron chi connectivity index (χ4n) is 1.99. The van der Waals surface area contributed by atoms with Crippen molar-refractivity contribution in [1.29, 1.82) is 0 Å². The number of aryl methyl sites for hydroxylation is 1. The molecule has 0 aliphatic rings. The highest BCUT2D eigenvalue weighted by Crippen LogP contribution is 2.19. The summed E-state index contributed by atoms with van der Waals surface area (Å²) < 4.78 is 4.85. The number of nitrogens with one attached hydrogen (secondary N) is 1. The third kappa shape index (κ3) is 3.29. The average molecular weight is 324 g/mol. The quantitative estimate of drug-likeness (QED) is 0.922. The van der Waals surface area contributed by atoms with E-state index in [9.17, 15) is 4.79 Å². The van der Waals surface area contributed by atoms with Gasteiger partial charge in [0.05, 0.1) is 0 Å². The third-order valence-electron chi connectivity index (χ3n) is 2.95. The zero-order chi connectivity index (χ0) is 14.0. The molecule has 0 bridgehead atoms. The second kappa shape index (κ2) is 5.65. The van der Waals surface area contributed by atoms with Gasteiger partial charge in [0, 0.05) is 42.7 Å². The van der Waals surface area contributed by atoms with Crippen LogP contribution in [0.1, 0.15) is 35.9 Å². The average Bonchev–Trinajstić information content (AvgIpc) is 2.92. The number of nitrogens with zero attached hydrogens (tertiary/aromatic N) is 2. The number of carbonyl (C=O) groups is 1. The van der Waals surface area contributed by atoms with Crippen molar-refractivity contribution in [3.8, 4) is 0 Å². The Morgan fingerprint density at radius 1 is 1.42 bits per heavy atom. The Kier molecular flexibility index (Phi) is 4.14. The highest BCUT2D eigenvalue weighted by molar-refractivity contribution is 9.10. The summed E-state index contributed by atoms with van der Waals surface area (Å²) in [7, 11) is 1.96. The maximum absolute atomic E-state index is 12.2. The molecule has 1 N–H and O–H groups in total. The van der Waals surface area contributed by atoms with Gasteiger partial charge in [0.15, 0.2) is 0 Å². The summed E-state index contributed by atoms with van der Waals surface area (Å²) in [6.07, 6.45) is 5.90. The second-order valence-corrected chi connectivity index (χ2v) is 5.83. The molecule has 5 heteroatoms. The van der Waals surface area contributed by atoms with Gasteiger partial charge in [0.25, 0.3) is 5.91 Å². The molecular weight excluding hydrogens is 306 g/mol. The Labute approximate surface area is 121 Å². The van der Waals surface area contributed by atoms with E-state index in [1.54, 1.807) is 0 Å². The Balaban J connectivity index is 2.07. The van der Waals surface area contributed by atoms with Crippen LogP contribution in [0.4, 0.5) is 0 Å². The summed E-state index contributed by atoms with van der Waals surface area (Å²) in [4.78, 5) is 12.2. The minimum atomic E-state index is -0.0525. The lowest BCUT2D eigenvalue weighted by molar-refractivity contribution is 0.0940. The van der Waals surface area contributed by atoms with Gasteiger partial charge in [0.2, 0.25) is 0 Å². The van der Waals surface area contributed by atoms with E-state index in [2.05, 4.69) is 35.1 Å². The van der Waals surface area contributed by atoms with E-state index in [0.717, 1.165) is 10.0 Å². The summed E-state index contributed by atoms with van der Waals surface area (Å²) in [5.41, 5.74) is 1.77. The fraction of sp³-hybridized carbons (Fsp3) is 0.357. The number of halogens is 1. The monoisotopic (exact) mass is 323 g/mol.